The zero-order valence-corrected chi connectivity index (χ0v) is 16.0. The molecule has 1 aliphatic carbocycles. The number of aliphatic hydroxyl groups is 1. The van der Waals surface area contributed by atoms with Gasteiger partial charge in [-0.15, -0.1) is 0 Å². The smallest absolute Gasteiger partial charge is 0.119 e. The van der Waals surface area contributed by atoms with E-state index in [2.05, 4.69) is 37.3 Å². The highest BCUT2D eigenvalue weighted by atomic mass is 16.5. The largest absolute Gasteiger partial charge is 0.494 e. The number of unbranched alkanes of at least 4 members (excludes halogenated alkanes) is 4. The van der Waals surface area contributed by atoms with E-state index < -0.39 is 5.54 Å². The highest BCUT2D eigenvalue weighted by Crippen LogP contribution is 2.36. The Bertz CT molecular complexity index is 551. The van der Waals surface area contributed by atoms with Crippen LogP contribution in [-0.2, 0) is 0 Å². The highest BCUT2D eigenvalue weighted by molar-refractivity contribution is 5.58. The molecule has 0 amide bonds. The number of aliphatic hydroxyl groups excluding tert-OH is 1. The summed E-state index contributed by atoms with van der Waals surface area (Å²) in [5, 5.41) is 9.50. The van der Waals surface area contributed by atoms with Crippen molar-refractivity contribution in [3.63, 3.8) is 0 Å². The van der Waals surface area contributed by atoms with Crippen LogP contribution in [0.5, 0.6) is 5.75 Å². The average molecular weight is 346 g/mol. The van der Waals surface area contributed by atoms with Crippen LogP contribution in [0.4, 0.5) is 0 Å². The molecule has 140 valence electrons. The Kier molecular flexibility index (Phi) is 7.98. The Hall–Kier alpha value is -1.32. The van der Waals surface area contributed by atoms with E-state index in [4.69, 9.17) is 10.5 Å². The van der Waals surface area contributed by atoms with Crippen molar-refractivity contribution in [2.75, 3.05) is 13.2 Å². The van der Waals surface area contributed by atoms with Crippen LogP contribution in [0.3, 0.4) is 0 Å². The fourth-order valence-electron chi connectivity index (χ4n) is 3.56. The van der Waals surface area contributed by atoms with Gasteiger partial charge >= 0.3 is 0 Å². The average Bonchev–Trinajstić information content (AvgIpc) is 2.79. The zero-order chi connectivity index (χ0) is 18.1. The summed E-state index contributed by atoms with van der Waals surface area (Å²) >= 11 is 0. The van der Waals surface area contributed by atoms with Gasteiger partial charge in [0.25, 0.3) is 0 Å². The summed E-state index contributed by atoms with van der Waals surface area (Å²) < 4.78 is 5.95. The summed E-state index contributed by atoms with van der Waals surface area (Å²) in [4.78, 5) is 0. The third-order valence-corrected chi connectivity index (χ3v) is 5.07. The van der Waals surface area contributed by atoms with Gasteiger partial charge in [-0.25, -0.2) is 0 Å². The number of hydrogen-bond donors (Lipinski definition) is 2. The van der Waals surface area contributed by atoms with Gasteiger partial charge in [-0.3, -0.25) is 0 Å². The van der Waals surface area contributed by atoms with Crippen molar-refractivity contribution < 1.29 is 9.84 Å². The van der Waals surface area contributed by atoms with E-state index in [0.717, 1.165) is 38.0 Å². The van der Waals surface area contributed by atoms with E-state index in [1.54, 1.807) is 0 Å². The van der Waals surface area contributed by atoms with Crippen molar-refractivity contribution in [1.82, 2.24) is 0 Å². The van der Waals surface area contributed by atoms with Crippen LogP contribution in [0.2, 0.25) is 0 Å². The Labute approximate surface area is 153 Å². The predicted octanol–water partition coefficient (Wildman–Crippen LogP) is 5.03. The second-order valence-corrected chi connectivity index (χ2v) is 7.75. The van der Waals surface area contributed by atoms with Gasteiger partial charge in [0.15, 0.2) is 0 Å². The number of ether oxygens (including phenoxy) is 1. The highest BCUT2D eigenvalue weighted by Gasteiger charge is 2.26. The molecule has 3 N–H and O–H groups in total. The van der Waals surface area contributed by atoms with Gasteiger partial charge in [0, 0.05) is 5.54 Å². The van der Waals surface area contributed by atoms with E-state index in [1.807, 2.05) is 6.92 Å². The van der Waals surface area contributed by atoms with E-state index in [1.165, 1.54) is 36.8 Å². The molecule has 0 radical (unpaired) electrons. The topological polar surface area (TPSA) is 55.5 Å². The molecule has 0 aromatic heterocycles. The molecule has 3 nitrogen and oxygen atoms in total. The molecule has 0 spiro atoms. The van der Waals surface area contributed by atoms with Gasteiger partial charge in [-0.05, 0) is 61.8 Å². The van der Waals surface area contributed by atoms with Gasteiger partial charge < -0.3 is 15.6 Å². The number of rotatable bonds is 10. The van der Waals surface area contributed by atoms with Crippen molar-refractivity contribution in [1.29, 1.82) is 0 Å². The normalized spacial score (nSPS) is 19.1. The molecule has 0 heterocycles. The zero-order valence-electron chi connectivity index (χ0n) is 16.0. The first-order valence-corrected chi connectivity index (χ1v) is 9.89. The summed E-state index contributed by atoms with van der Waals surface area (Å²) in [6.07, 6.45) is 13.6. The van der Waals surface area contributed by atoms with Gasteiger partial charge in [-0.1, -0.05) is 50.8 Å². The van der Waals surface area contributed by atoms with Gasteiger partial charge in [0.1, 0.15) is 5.75 Å². The van der Waals surface area contributed by atoms with Crippen LogP contribution >= 0.6 is 0 Å². The van der Waals surface area contributed by atoms with E-state index >= 15 is 0 Å². The molecule has 2 atom stereocenters. The minimum absolute atomic E-state index is 0.0193. The maximum Gasteiger partial charge on any atom is 0.119 e. The lowest BCUT2D eigenvalue weighted by molar-refractivity contribution is 0.191. The number of fused-ring (bicyclic) bond motifs is 1. The van der Waals surface area contributed by atoms with Crippen LogP contribution in [0, 0.1) is 0 Å². The summed E-state index contributed by atoms with van der Waals surface area (Å²) in [6.45, 7) is 4.98. The quantitative estimate of drug-likeness (QED) is 0.585. The molecule has 0 saturated heterocycles. The summed E-state index contributed by atoms with van der Waals surface area (Å²) in [6, 6.07) is 6.43. The SMILES string of the molecule is CCCCCCCOc1ccc2c(c1)C=CCC[C@H]2C[C@](C)(N)CO. The molecule has 1 aliphatic rings. The first kappa shape index (κ1) is 20.0. The molecule has 1 aromatic rings. The second-order valence-electron chi connectivity index (χ2n) is 7.75. The fraction of sp³-hybridized carbons (Fsp3) is 0.636. The molecule has 2 rings (SSSR count). The Morgan fingerprint density at radius 1 is 1.24 bits per heavy atom. The lowest BCUT2D eigenvalue weighted by Crippen LogP contribution is -2.41. The Morgan fingerprint density at radius 2 is 2.04 bits per heavy atom. The molecule has 0 bridgehead atoms. The van der Waals surface area contributed by atoms with Crippen LogP contribution in [0.25, 0.3) is 6.08 Å². The summed E-state index contributed by atoms with van der Waals surface area (Å²) in [5.41, 5.74) is 8.24. The van der Waals surface area contributed by atoms with Crippen molar-refractivity contribution >= 4 is 6.08 Å². The lowest BCUT2D eigenvalue weighted by Gasteiger charge is -2.28. The predicted molar refractivity (Wildman–Crippen MR) is 106 cm³/mol. The molecule has 0 fully saturated rings. The van der Waals surface area contributed by atoms with Gasteiger partial charge in [-0.2, -0.15) is 0 Å². The summed E-state index contributed by atoms with van der Waals surface area (Å²) in [7, 11) is 0. The number of benzene rings is 1. The van der Waals surface area contributed by atoms with Crippen LogP contribution < -0.4 is 10.5 Å². The third kappa shape index (κ3) is 6.48. The third-order valence-electron chi connectivity index (χ3n) is 5.07. The molecule has 3 heteroatoms. The van der Waals surface area contributed by atoms with Gasteiger partial charge in [0.05, 0.1) is 13.2 Å². The maximum absolute atomic E-state index is 9.50. The first-order chi connectivity index (χ1) is 12.1. The molecule has 0 saturated carbocycles. The molecule has 0 unspecified atom stereocenters. The molecular formula is C22H35NO2. The molecule has 25 heavy (non-hydrogen) atoms. The van der Waals surface area contributed by atoms with E-state index in [-0.39, 0.29) is 6.61 Å². The van der Waals surface area contributed by atoms with Crippen molar-refractivity contribution in [3.8, 4) is 5.75 Å². The van der Waals surface area contributed by atoms with Crippen molar-refractivity contribution in [2.45, 2.75) is 76.7 Å². The van der Waals surface area contributed by atoms with E-state index in [0.29, 0.717) is 5.92 Å². The molecule has 0 aliphatic heterocycles. The number of hydrogen-bond acceptors (Lipinski definition) is 3. The van der Waals surface area contributed by atoms with Crippen LogP contribution in [0.15, 0.2) is 24.3 Å². The first-order valence-electron chi connectivity index (χ1n) is 9.89. The Morgan fingerprint density at radius 3 is 2.80 bits per heavy atom. The Balaban J connectivity index is 1.98. The monoisotopic (exact) mass is 345 g/mol. The molecular weight excluding hydrogens is 310 g/mol. The standard InChI is InChI=1S/C22H35NO2/c1-3-4-5-6-9-14-25-20-12-13-21-18(15-20)10-7-8-11-19(21)16-22(2,23)17-24/h7,10,12-13,15,19,24H,3-6,8-9,11,14,16-17,23H2,1-2H3/t19-,22-/m0/s1. The summed E-state index contributed by atoms with van der Waals surface area (Å²) in [5.74, 6) is 1.34. The van der Waals surface area contributed by atoms with Crippen molar-refractivity contribution in [2.24, 2.45) is 5.73 Å². The van der Waals surface area contributed by atoms with Crippen molar-refractivity contribution in [3.05, 3.63) is 35.4 Å². The van der Waals surface area contributed by atoms with E-state index in [9.17, 15) is 5.11 Å². The number of nitrogens with two attached hydrogens (primary N) is 1. The fourth-order valence-corrected chi connectivity index (χ4v) is 3.56. The minimum atomic E-state index is -0.528. The van der Waals surface area contributed by atoms with Crippen LogP contribution in [0.1, 0.15) is 82.3 Å². The maximum atomic E-state index is 9.50. The van der Waals surface area contributed by atoms with Gasteiger partial charge in [0.2, 0.25) is 0 Å². The minimum Gasteiger partial charge on any atom is -0.494 e. The number of allylic oxidation sites excluding steroid dienone is 1. The second kappa shape index (κ2) is 9.98. The molecule has 1 aromatic carbocycles. The lowest BCUT2D eigenvalue weighted by atomic mass is 9.82. The van der Waals surface area contributed by atoms with Crippen LogP contribution in [-0.4, -0.2) is 23.9 Å².